The van der Waals surface area contributed by atoms with Crippen molar-refractivity contribution in [1.82, 2.24) is 0 Å². The van der Waals surface area contributed by atoms with Crippen molar-refractivity contribution in [3.63, 3.8) is 0 Å². The summed E-state index contributed by atoms with van der Waals surface area (Å²) in [5.41, 5.74) is 2.47. The number of fused-ring (bicyclic) bond motifs is 1. The number of non-ortho nitro benzene ring substituents is 1. The van der Waals surface area contributed by atoms with E-state index >= 15 is 0 Å². The average Bonchev–Trinajstić information content (AvgIpc) is 3.08. The number of rotatable bonds is 5. The van der Waals surface area contributed by atoms with Gasteiger partial charge in [0, 0.05) is 18.2 Å². The summed E-state index contributed by atoms with van der Waals surface area (Å²) < 4.78 is 11.0. The fourth-order valence-electron chi connectivity index (χ4n) is 3.12. The number of aryl methyl sites for hydroxylation is 1. The molecule has 1 heterocycles. The van der Waals surface area contributed by atoms with Crippen LogP contribution in [0.2, 0.25) is 0 Å². The Kier molecular flexibility index (Phi) is 5.32. The Morgan fingerprint density at radius 2 is 1.77 bits per heavy atom. The lowest BCUT2D eigenvalue weighted by Gasteiger charge is -2.05. The highest BCUT2D eigenvalue weighted by Gasteiger charge is 2.28. The first-order valence-corrected chi connectivity index (χ1v) is 9.58. The van der Waals surface area contributed by atoms with Gasteiger partial charge in [0.05, 0.1) is 16.1 Å². The summed E-state index contributed by atoms with van der Waals surface area (Å²) in [5, 5.41) is 10.7. The Labute approximate surface area is 177 Å². The summed E-state index contributed by atoms with van der Waals surface area (Å²) in [5.74, 6) is -0.231. The quantitative estimate of drug-likeness (QED) is 0.191. The number of nitrogens with zero attached hydrogens (tertiary/aromatic N) is 1. The molecule has 0 saturated heterocycles. The van der Waals surface area contributed by atoms with Crippen LogP contribution in [0.25, 0.3) is 6.08 Å². The molecule has 0 aliphatic carbocycles. The Morgan fingerprint density at radius 3 is 2.42 bits per heavy atom. The minimum absolute atomic E-state index is 0.121. The first kappa shape index (κ1) is 20.0. The number of nitro groups is 1. The maximum atomic E-state index is 12.6. The zero-order valence-electron chi connectivity index (χ0n) is 16.5. The molecule has 0 spiro atoms. The molecular weight excluding hydrogens is 398 g/mol. The molecule has 0 bridgehead atoms. The summed E-state index contributed by atoms with van der Waals surface area (Å²) >= 11 is 0. The van der Waals surface area contributed by atoms with Crippen LogP contribution in [0.15, 0.2) is 72.5 Å². The molecule has 0 unspecified atom stereocenters. The maximum absolute atomic E-state index is 12.6. The Hall–Kier alpha value is -4.26. The van der Waals surface area contributed by atoms with Gasteiger partial charge in [-0.2, -0.15) is 0 Å². The van der Waals surface area contributed by atoms with Crippen molar-refractivity contribution in [2.24, 2.45) is 0 Å². The van der Waals surface area contributed by atoms with Gasteiger partial charge in [0.25, 0.3) is 5.69 Å². The number of Topliss-reactive ketones (excluding diaryl/α,β-unsaturated/α-hetero) is 1. The van der Waals surface area contributed by atoms with Crippen LogP contribution in [0.4, 0.5) is 5.69 Å². The van der Waals surface area contributed by atoms with Crippen molar-refractivity contribution in [3.05, 3.63) is 105 Å². The second-order valence-corrected chi connectivity index (χ2v) is 6.89. The predicted octanol–water partition coefficient (Wildman–Crippen LogP) is 4.99. The van der Waals surface area contributed by atoms with E-state index in [9.17, 15) is 19.7 Å². The van der Waals surface area contributed by atoms with Crippen LogP contribution in [0.1, 0.15) is 38.8 Å². The topological polar surface area (TPSA) is 95.7 Å². The van der Waals surface area contributed by atoms with E-state index in [4.69, 9.17) is 9.47 Å². The molecule has 154 valence electrons. The van der Waals surface area contributed by atoms with E-state index in [0.717, 1.165) is 12.0 Å². The van der Waals surface area contributed by atoms with Crippen molar-refractivity contribution in [2.45, 2.75) is 13.3 Å². The average molecular weight is 415 g/mol. The van der Waals surface area contributed by atoms with Crippen LogP contribution < -0.4 is 9.47 Å². The lowest BCUT2D eigenvalue weighted by Crippen LogP contribution is -2.08. The molecule has 3 aromatic carbocycles. The summed E-state index contributed by atoms with van der Waals surface area (Å²) in [6.45, 7) is 2.07. The highest BCUT2D eigenvalue weighted by molar-refractivity contribution is 6.14. The number of benzene rings is 3. The summed E-state index contributed by atoms with van der Waals surface area (Å²) in [4.78, 5) is 35.1. The van der Waals surface area contributed by atoms with Gasteiger partial charge in [0.1, 0.15) is 11.5 Å². The lowest BCUT2D eigenvalue weighted by molar-refractivity contribution is -0.384. The smallest absolute Gasteiger partial charge is 0.343 e. The number of ketones is 1. The number of ether oxygens (including phenoxy) is 2. The van der Waals surface area contributed by atoms with Gasteiger partial charge in [-0.1, -0.05) is 31.2 Å². The third kappa shape index (κ3) is 4.20. The largest absolute Gasteiger partial charge is 0.452 e. The van der Waals surface area contributed by atoms with Crippen LogP contribution in [0, 0.1) is 10.1 Å². The normalized spacial score (nSPS) is 13.6. The third-order valence-electron chi connectivity index (χ3n) is 4.85. The maximum Gasteiger partial charge on any atom is 0.343 e. The van der Waals surface area contributed by atoms with Gasteiger partial charge in [0.15, 0.2) is 5.76 Å². The number of allylic oxidation sites excluding steroid dienone is 1. The molecule has 1 aliphatic rings. The highest BCUT2D eigenvalue weighted by atomic mass is 16.6. The molecule has 0 radical (unpaired) electrons. The van der Waals surface area contributed by atoms with E-state index in [1.54, 1.807) is 6.08 Å². The van der Waals surface area contributed by atoms with Crippen molar-refractivity contribution in [3.8, 4) is 11.5 Å². The van der Waals surface area contributed by atoms with Gasteiger partial charge in [0.2, 0.25) is 5.78 Å². The van der Waals surface area contributed by atoms with Gasteiger partial charge >= 0.3 is 5.97 Å². The van der Waals surface area contributed by atoms with Crippen molar-refractivity contribution >= 4 is 23.5 Å². The van der Waals surface area contributed by atoms with Crippen LogP contribution in [0.3, 0.4) is 0 Å². The van der Waals surface area contributed by atoms with E-state index < -0.39 is 10.9 Å². The molecule has 4 rings (SSSR count). The van der Waals surface area contributed by atoms with Crippen molar-refractivity contribution < 1.29 is 24.0 Å². The number of nitro benzene ring substituents is 1. The van der Waals surface area contributed by atoms with Crippen molar-refractivity contribution in [2.75, 3.05) is 0 Å². The first-order chi connectivity index (χ1) is 14.9. The van der Waals surface area contributed by atoms with Crippen LogP contribution >= 0.6 is 0 Å². The fraction of sp³-hybridized carbons (Fsp3) is 0.0833. The van der Waals surface area contributed by atoms with E-state index in [-0.39, 0.29) is 28.5 Å². The number of carbonyl (C=O) groups is 2. The Balaban J connectivity index is 1.50. The van der Waals surface area contributed by atoms with Crippen molar-refractivity contribution in [1.29, 1.82) is 0 Å². The van der Waals surface area contributed by atoms with E-state index in [1.807, 2.05) is 24.3 Å². The SMILES string of the molecule is CCc1ccc(C=C2Oc3cc(OC(=O)c4ccc([N+](=O)[O-])cc4)ccc3C2=O)cc1. The Bertz CT molecular complexity index is 1210. The zero-order valence-corrected chi connectivity index (χ0v) is 16.5. The predicted molar refractivity (Wildman–Crippen MR) is 113 cm³/mol. The molecule has 0 N–H and O–H groups in total. The lowest BCUT2D eigenvalue weighted by atomic mass is 10.1. The van der Waals surface area contributed by atoms with E-state index in [0.29, 0.717) is 11.3 Å². The second kappa shape index (κ2) is 8.23. The molecule has 1 aliphatic heterocycles. The van der Waals surface area contributed by atoms with Gasteiger partial charge in [-0.05, 0) is 47.9 Å². The summed E-state index contributed by atoms with van der Waals surface area (Å²) in [6.07, 6.45) is 2.60. The molecule has 7 heteroatoms. The minimum atomic E-state index is -0.675. The third-order valence-corrected chi connectivity index (χ3v) is 4.85. The number of esters is 1. The minimum Gasteiger partial charge on any atom is -0.452 e. The highest BCUT2D eigenvalue weighted by Crippen LogP contribution is 2.35. The first-order valence-electron chi connectivity index (χ1n) is 9.58. The molecule has 0 saturated carbocycles. The molecular formula is C24H17NO6. The molecule has 7 nitrogen and oxygen atoms in total. The Morgan fingerprint density at radius 1 is 1.06 bits per heavy atom. The standard InChI is InChI=1S/C24H17NO6/c1-2-15-3-5-16(6-4-15)13-22-23(26)20-12-11-19(14-21(20)31-22)30-24(27)17-7-9-18(10-8-17)25(28)29/h3-14H,2H2,1H3. The number of hydrogen-bond donors (Lipinski definition) is 0. The second-order valence-electron chi connectivity index (χ2n) is 6.89. The molecule has 0 aromatic heterocycles. The zero-order chi connectivity index (χ0) is 22.0. The van der Waals surface area contributed by atoms with Crippen LogP contribution in [-0.4, -0.2) is 16.7 Å². The van der Waals surface area contributed by atoms with Gasteiger partial charge in [-0.25, -0.2) is 4.79 Å². The van der Waals surface area contributed by atoms with Gasteiger partial charge < -0.3 is 9.47 Å². The molecule has 0 atom stereocenters. The molecule has 3 aromatic rings. The summed E-state index contributed by atoms with van der Waals surface area (Å²) in [6, 6.07) is 17.4. The fourth-order valence-corrected chi connectivity index (χ4v) is 3.12. The number of hydrogen-bond acceptors (Lipinski definition) is 6. The van der Waals surface area contributed by atoms with E-state index in [1.165, 1.54) is 48.0 Å². The summed E-state index contributed by atoms with van der Waals surface area (Å²) in [7, 11) is 0. The molecule has 0 amide bonds. The van der Waals surface area contributed by atoms with Crippen LogP contribution in [0.5, 0.6) is 11.5 Å². The van der Waals surface area contributed by atoms with Gasteiger partial charge in [-0.3, -0.25) is 14.9 Å². The van der Waals surface area contributed by atoms with E-state index in [2.05, 4.69) is 6.92 Å². The monoisotopic (exact) mass is 415 g/mol. The molecule has 31 heavy (non-hydrogen) atoms. The molecule has 0 fully saturated rings. The van der Waals surface area contributed by atoms with Crippen LogP contribution in [-0.2, 0) is 6.42 Å². The van der Waals surface area contributed by atoms with Gasteiger partial charge in [-0.15, -0.1) is 0 Å². The number of carbonyl (C=O) groups excluding carboxylic acids is 2.